The van der Waals surface area contributed by atoms with Crippen molar-refractivity contribution in [1.29, 1.82) is 0 Å². The van der Waals surface area contributed by atoms with Gasteiger partial charge in [0.2, 0.25) is 0 Å². The van der Waals surface area contributed by atoms with Crippen LogP contribution < -0.4 is 15.4 Å². The van der Waals surface area contributed by atoms with E-state index in [9.17, 15) is 9.18 Å². The molecule has 0 radical (unpaired) electrons. The molecule has 1 aromatic heterocycles. The van der Waals surface area contributed by atoms with E-state index in [-0.39, 0.29) is 23.9 Å². The molecular weight excluding hydrogens is 301 g/mol. The Labute approximate surface area is 133 Å². The Morgan fingerprint density at radius 1 is 1.30 bits per heavy atom. The van der Waals surface area contributed by atoms with Gasteiger partial charge in [-0.15, -0.1) is 10.2 Å². The molecule has 0 bridgehead atoms. The molecule has 0 saturated heterocycles. The van der Waals surface area contributed by atoms with Crippen molar-refractivity contribution in [2.45, 2.75) is 25.9 Å². The maximum Gasteiger partial charge on any atom is 0.315 e. The van der Waals surface area contributed by atoms with E-state index in [2.05, 4.69) is 20.8 Å². The van der Waals surface area contributed by atoms with E-state index in [1.54, 1.807) is 37.9 Å². The number of benzene rings is 1. The molecule has 0 saturated carbocycles. The van der Waals surface area contributed by atoms with E-state index in [0.717, 1.165) is 0 Å². The zero-order chi connectivity index (χ0) is 17.0. The Hall–Kier alpha value is -2.64. The average Bonchev–Trinajstić information content (AvgIpc) is 2.93. The minimum absolute atomic E-state index is 0.168. The van der Waals surface area contributed by atoms with Gasteiger partial charge in [-0.3, -0.25) is 0 Å². The van der Waals surface area contributed by atoms with Gasteiger partial charge in [0.1, 0.15) is 6.33 Å². The van der Waals surface area contributed by atoms with Crippen LogP contribution in [-0.2, 0) is 7.05 Å². The lowest BCUT2D eigenvalue weighted by Gasteiger charge is -2.18. The summed E-state index contributed by atoms with van der Waals surface area (Å²) in [5.74, 6) is 0.344. The zero-order valence-electron chi connectivity index (χ0n) is 13.5. The van der Waals surface area contributed by atoms with E-state index in [1.165, 1.54) is 19.2 Å². The summed E-state index contributed by atoms with van der Waals surface area (Å²) in [7, 11) is 3.20. The standard InChI is InChI=1S/C15H20FN5O2/c1-9(11-5-6-13(23-4)12(16)7-11)18-15(22)19-10(2)14-20-17-8-21(14)3/h5-10H,1-4H3,(H2,18,19,22)/t9-,10-/m1/s1. The van der Waals surface area contributed by atoms with Gasteiger partial charge < -0.3 is 19.9 Å². The predicted octanol–water partition coefficient (Wildman–Crippen LogP) is 2.08. The number of nitrogens with zero attached hydrogens (tertiary/aromatic N) is 3. The van der Waals surface area contributed by atoms with Crippen molar-refractivity contribution in [3.05, 3.63) is 41.7 Å². The van der Waals surface area contributed by atoms with Crippen molar-refractivity contribution in [2.24, 2.45) is 7.05 Å². The lowest BCUT2D eigenvalue weighted by Crippen LogP contribution is -2.39. The number of nitrogens with one attached hydrogen (secondary N) is 2. The monoisotopic (exact) mass is 321 g/mol. The number of halogens is 1. The number of ether oxygens (including phenoxy) is 1. The summed E-state index contributed by atoms with van der Waals surface area (Å²) in [4.78, 5) is 12.1. The molecule has 2 amide bonds. The summed E-state index contributed by atoms with van der Waals surface area (Å²) in [6, 6.07) is 3.55. The minimum atomic E-state index is -0.466. The summed E-state index contributed by atoms with van der Waals surface area (Å²) in [6.07, 6.45) is 1.56. The molecule has 2 rings (SSSR count). The first-order chi connectivity index (χ1) is 10.9. The molecule has 0 unspecified atom stereocenters. The number of rotatable bonds is 5. The highest BCUT2D eigenvalue weighted by Crippen LogP contribution is 2.21. The van der Waals surface area contributed by atoms with Crippen LogP contribution in [0.3, 0.4) is 0 Å². The summed E-state index contributed by atoms with van der Waals surface area (Å²) >= 11 is 0. The smallest absolute Gasteiger partial charge is 0.315 e. The zero-order valence-corrected chi connectivity index (χ0v) is 13.5. The van der Waals surface area contributed by atoms with Gasteiger partial charge in [0.05, 0.1) is 19.2 Å². The maximum absolute atomic E-state index is 13.7. The van der Waals surface area contributed by atoms with Gasteiger partial charge in [-0.25, -0.2) is 9.18 Å². The van der Waals surface area contributed by atoms with Gasteiger partial charge in [-0.1, -0.05) is 6.07 Å². The predicted molar refractivity (Wildman–Crippen MR) is 82.5 cm³/mol. The van der Waals surface area contributed by atoms with Gasteiger partial charge in [0, 0.05) is 7.05 Å². The molecule has 0 spiro atoms. The molecule has 0 fully saturated rings. The molecule has 2 aromatic rings. The number of carbonyl (C=O) groups is 1. The summed E-state index contributed by atoms with van der Waals surface area (Å²) in [5.41, 5.74) is 0.643. The molecule has 2 N–H and O–H groups in total. The van der Waals surface area contributed by atoms with Gasteiger partial charge in [0.25, 0.3) is 0 Å². The highest BCUT2D eigenvalue weighted by atomic mass is 19.1. The van der Waals surface area contributed by atoms with Crippen molar-refractivity contribution in [3.63, 3.8) is 0 Å². The highest BCUT2D eigenvalue weighted by Gasteiger charge is 2.16. The first kappa shape index (κ1) is 16.7. The second-order valence-corrected chi connectivity index (χ2v) is 5.26. The van der Waals surface area contributed by atoms with Crippen LogP contribution in [0, 0.1) is 5.82 Å². The number of amides is 2. The fraction of sp³-hybridized carbons (Fsp3) is 0.400. The van der Waals surface area contributed by atoms with Crippen molar-refractivity contribution in [3.8, 4) is 5.75 Å². The number of methoxy groups -OCH3 is 1. The van der Waals surface area contributed by atoms with Crippen molar-refractivity contribution in [2.75, 3.05) is 7.11 Å². The SMILES string of the molecule is COc1ccc([C@@H](C)NC(=O)N[C@H](C)c2nncn2C)cc1F. The van der Waals surface area contributed by atoms with Crippen molar-refractivity contribution < 1.29 is 13.9 Å². The van der Waals surface area contributed by atoms with E-state index in [1.807, 2.05) is 0 Å². The van der Waals surface area contributed by atoms with Gasteiger partial charge in [-0.05, 0) is 31.5 Å². The first-order valence-electron chi connectivity index (χ1n) is 7.16. The van der Waals surface area contributed by atoms with Crippen LogP contribution in [-0.4, -0.2) is 27.9 Å². The Kier molecular flexibility index (Phi) is 5.15. The summed E-state index contributed by atoms with van der Waals surface area (Å²) in [6.45, 7) is 3.58. The lowest BCUT2D eigenvalue weighted by atomic mass is 10.1. The topological polar surface area (TPSA) is 81.1 Å². The van der Waals surface area contributed by atoms with E-state index < -0.39 is 5.82 Å². The van der Waals surface area contributed by atoms with Crippen LogP contribution >= 0.6 is 0 Å². The van der Waals surface area contributed by atoms with E-state index >= 15 is 0 Å². The summed E-state index contributed by atoms with van der Waals surface area (Å²) in [5, 5.41) is 13.2. The molecule has 7 nitrogen and oxygen atoms in total. The van der Waals surface area contributed by atoms with E-state index in [4.69, 9.17) is 4.74 Å². The first-order valence-corrected chi connectivity index (χ1v) is 7.16. The number of urea groups is 1. The maximum atomic E-state index is 13.7. The van der Waals surface area contributed by atoms with Crippen LogP contribution in [0.1, 0.15) is 37.3 Å². The lowest BCUT2D eigenvalue weighted by molar-refractivity contribution is 0.234. The number of aryl methyl sites for hydroxylation is 1. The van der Waals surface area contributed by atoms with Gasteiger partial charge in [0.15, 0.2) is 17.4 Å². The molecule has 1 aromatic carbocycles. The molecule has 0 aliphatic carbocycles. The molecule has 8 heteroatoms. The number of hydrogen-bond acceptors (Lipinski definition) is 4. The fourth-order valence-electron chi connectivity index (χ4n) is 2.22. The molecule has 23 heavy (non-hydrogen) atoms. The van der Waals surface area contributed by atoms with Crippen LogP contribution in [0.15, 0.2) is 24.5 Å². The summed E-state index contributed by atoms with van der Waals surface area (Å²) < 4.78 is 20.3. The normalized spacial score (nSPS) is 13.3. The highest BCUT2D eigenvalue weighted by molar-refractivity contribution is 5.74. The second kappa shape index (κ2) is 7.08. The average molecular weight is 321 g/mol. The number of aromatic nitrogens is 3. The second-order valence-electron chi connectivity index (χ2n) is 5.26. The Bertz CT molecular complexity index is 688. The molecule has 0 aliphatic heterocycles. The number of hydrogen-bond donors (Lipinski definition) is 2. The van der Waals surface area contributed by atoms with Crippen LogP contribution in [0.25, 0.3) is 0 Å². The molecular formula is C15H20FN5O2. The quantitative estimate of drug-likeness (QED) is 0.883. The Morgan fingerprint density at radius 2 is 2.00 bits per heavy atom. The van der Waals surface area contributed by atoms with Crippen molar-refractivity contribution >= 4 is 6.03 Å². The van der Waals surface area contributed by atoms with E-state index in [0.29, 0.717) is 11.4 Å². The third-order valence-corrected chi connectivity index (χ3v) is 3.50. The van der Waals surface area contributed by atoms with Crippen LogP contribution in [0.5, 0.6) is 5.75 Å². The van der Waals surface area contributed by atoms with Crippen LogP contribution in [0.4, 0.5) is 9.18 Å². The molecule has 124 valence electrons. The Morgan fingerprint density at radius 3 is 2.57 bits per heavy atom. The minimum Gasteiger partial charge on any atom is -0.494 e. The fourth-order valence-corrected chi connectivity index (χ4v) is 2.22. The molecule has 0 aliphatic rings. The van der Waals surface area contributed by atoms with Crippen LogP contribution in [0.2, 0.25) is 0 Å². The third kappa shape index (κ3) is 3.97. The molecule has 2 atom stereocenters. The molecule has 1 heterocycles. The van der Waals surface area contributed by atoms with Gasteiger partial charge in [-0.2, -0.15) is 0 Å². The van der Waals surface area contributed by atoms with Crippen molar-refractivity contribution in [1.82, 2.24) is 25.4 Å². The Balaban J connectivity index is 1.97. The largest absolute Gasteiger partial charge is 0.494 e. The third-order valence-electron chi connectivity index (χ3n) is 3.50. The number of carbonyl (C=O) groups excluding carboxylic acids is 1. The van der Waals surface area contributed by atoms with Gasteiger partial charge >= 0.3 is 6.03 Å².